The van der Waals surface area contributed by atoms with Crippen LogP contribution in [0.3, 0.4) is 0 Å². The van der Waals surface area contributed by atoms with Crippen molar-refractivity contribution >= 4 is 5.97 Å². The van der Waals surface area contributed by atoms with Crippen LogP contribution in [0.2, 0.25) is 0 Å². The molecule has 18 heavy (non-hydrogen) atoms. The van der Waals surface area contributed by atoms with Gasteiger partial charge in [0.2, 0.25) is 0 Å². The Morgan fingerprint density at radius 1 is 1.33 bits per heavy atom. The van der Waals surface area contributed by atoms with Crippen LogP contribution in [-0.4, -0.2) is 20.9 Å². The lowest BCUT2D eigenvalue weighted by Crippen LogP contribution is -2.17. The highest BCUT2D eigenvalue weighted by Gasteiger charge is 2.09. The Labute approximate surface area is 104 Å². The Morgan fingerprint density at radius 2 is 2.00 bits per heavy atom. The lowest BCUT2D eigenvalue weighted by Gasteiger charge is -2.01. The lowest BCUT2D eigenvalue weighted by atomic mass is 10.2. The van der Waals surface area contributed by atoms with Crippen LogP contribution >= 0.6 is 0 Å². The number of nitrogens with zero attached hydrogens (tertiary/aromatic N) is 1. The van der Waals surface area contributed by atoms with E-state index in [2.05, 4.69) is 5.10 Å². The molecule has 0 bridgehead atoms. The normalized spacial score (nSPS) is 10.5. The van der Waals surface area contributed by atoms with Gasteiger partial charge in [0, 0.05) is 18.2 Å². The molecule has 0 saturated carbocycles. The number of benzene rings is 1. The van der Waals surface area contributed by atoms with Gasteiger partial charge < -0.3 is 5.11 Å². The standard InChI is InChI=1S/C13H14N2O3/c1-9-2-5-11(6-3-9)15-13(18)10(8-14-15)4-7-12(16)17/h2-3,5-6,8,14H,4,7H2,1H3,(H,16,17). The average molecular weight is 246 g/mol. The van der Waals surface area contributed by atoms with Crippen molar-refractivity contribution < 1.29 is 9.90 Å². The van der Waals surface area contributed by atoms with Gasteiger partial charge in [-0.1, -0.05) is 17.7 Å². The Kier molecular flexibility index (Phi) is 3.32. The second kappa shape index (κ2) is 4.91. The molecule has 5 nitrogen and oxygen atoms in total. The molecule has 94 valence electrons. The molecule has 0 aliphatic rings. The van der Waals surface area contributed by atoms with Gasteiger partial charge >= 0.3 is 5.97 Å². The van der Waals surface area contributed by atoms with E-state index in [4.69, 9.17) is 5.11 Å². The van der Waals surface area contributed by atoms with Gasteiger partial charge in [0.15, 0.2) is 0 Å². The summed E-state index contributed by atoms with van der Waals surface area (Å²) in [5.41, 5.74) is 2.15. The van der Waals surface area contributed by atoms with Gasteiger partial charge in [-0.2, -0.15) is 0 Å². The summed E-state index contributed by atoms with van der Waals surface area (Å²) in [5, 5.41) is 11.4. The molecule has 0 saturated heterocycles. The van der Waals surface area contributed by atoms with Crippen LogP contribution in [0, 0.1) is 6.92 Å². The molecule has 5 heteroatoms. The van der Waals surface area contributed by atoms with Gasteiger partial charge in [-0.05, 0) is 25.5 Å². The quantitative estimate of drug-likeness (QED) is 0.858. The second-order valence-electron chi connectivity index (χ2n) is 4.17. The summed E-state index contributed by atoms with van der Waals surface area (Å²) in [6.45, 7) is 1.97. The number of H-pyrrole nitrogens is 1. The molecule has 1 aromatic heterocycles. The predicted molar refractivity (Wildman–Crippen MR) is 67.1 cm³/mol. The summed E-state index contributed by atoms with van der Waals surface area (Å²) < 4.78 is 1.41. The molecule has 0 atom stereocenters. The minimum Gasteiger partial charge on any atom is -0.481 e. The molecular weight excluding hydrogens is 232 g/mol. The van der Waals surface area contributed by atoms with Crippen LogP contribution in [0.15, 0.2) is 35.3 Å². The topological polar surface area (TPSA) is 75.1 Å². The number of aliphatic carboxylic acids is 1. The Hall–Kier alpha value is -2.30. The van der Waals surface area contributed by atoms with Crippen molar-refractivity contribution in [3.8, 4) is 5.69 Å². The Balaban J connectivity index is 2.28. The first-order chi connectivity index (χ1) is 8.58. The van der Waals surface area contributed by atoms with Crippen LogP contribution in [0.1, 0.15) is 17.5 Å². The molecule has 0 spiro atoms. The first-order valence-electron chi connectivity index (χ1n) is 5.66. The van der Waals surface area contributed by atoms with Crippen LogP contribution in [0.5, 0.6) is 0 Å². The maximum absolute atomic E-state index is 12.0. The van der Waals surface area contributed by atoms with Gasteiger partial charge in [0.25, 0.3) is 5.56 Å². The molecule has 1 heterocycles. The van der Waals surface area contributed by atoms with Crippen molar-refractivity contribution in [2.45, 2.75) is 19.8 Å². The molecule has 0 fully saturated rings. The van der Waals surface area contributed by atoms with Gasteiger partial charge in [-0.25, -0.2) is 4.68 Å². The maximum atomic E-state index is 12.0. The molecule has 2 rings (SSSR count). The van der Waals surface area contributed by atoms with Crippen LogP contribution in [0.4, 0.5) is 0 Å². The summed E-state index contributed by atoms with van der Waals surface area (Å²) >= 11 is 0. The number of carbonyl (C=O) groups is 1. The van der Waals surface area contributed by atoms with Gasteiger partial charge in [-0.3, -0.25) is 14.7 Å². The molecule has 0 aliphatic heterocycles. The third-order valence-corrected chi connectivity index (χ3v) is 2.75. The predicted octanol–water partition coefficient (Wildman–Crippen LogP) is 1.49. The number of nitrogens with one attached hydrogen (secondary N) is 1. The first kappa shape index (κ1) is 12.2. The molecule has 0 amide bonds. The summed E-state index contributed by atoms with van der Waals surface area (Å²) in [7, 11) is 0. The Bertz CT molecular complexity index is 608. The largest absolute Gasteiger partial charge is 0.481 e. The van der Waals surface area contributed by atoms with E-state index in [1.165, 1.54) is 4.68 Å². The van der Waals surface area contributed by atoms with Crippen molar-refractivity contribution in [2.75, 3.05) is 0 Å². The number of aryl methyl sites for hydroxylation is 2. The third kappa shape index (κ3) is 2.51. The van der Waals surface area contributed by atoms with Gasteiger partial charge in [0.1, 0.15) is 0 Å². The minimum atomic E-state index is -0.905. The van der Waals surface area contributed by atoms with E-state index in [0.29, 0.717) is 5.56 Å². The summed E-state index contributed by atoms with van der Waals surface area (Å²) in [5.74, 6) is -0.905. The summed E-state index contributed by atoms with van der Waals surface area (Å²) in [6, 6.07) is 7.52. The monoisotopic (exact) mass is 246 g/mol. The van der Waals surface area contributed by atoms with Crippen molar-refractivity contribution in [3.05, 3.63) is 51.9 Å². The zero-order valence-corrected chi connectivity index (χ0v) is 10.0. The number of carboxylic acids is 1. The fourth-order valence-corrected chi connectivity index (χ4v) is 1.71. The fourth-order valence-electron chi connectivity index (χ4n) is 1.71. The average Bonchev–Trinajstić information content (AvgIpc) is 2.69. The van der Waals surface area contributed by atoms with Crippen molar-refractivity contribution in [1.29, 1.82) is 0 Å². The summed E-state index contributed by atoms with van der Waals surface area (Å²) in [4.78, 5) is 22.5. The molecule has 0 aliphatic carbocycles. The molecule has 1 aromatic carbocycles. The fraction of sp³-hybridized carbons (Fsp3) is 0.231. The number of hydrogen-bond acceptors (Lipinski definition) is 2. The van der Waals surface area contributed by atoms with E-state index in [1.54, 1.807) is 6.20 Å². The number of aromatic amines is 1. The molecular formula is C13H14N2O3. The van der Waals surface area contributed by atoms with Crippen LogP contribution in [0.25, 0.3) is 5.69 Å². The number of hydrogen-bond donors (Lipinski definition) is 2. The SMILES string of the molecule is Cc1ccc(-n2[nH]cc(CCC(=O)O)c2=O)cc1. The maximum Gasteiger partial charge on any atom is 0.303 e. The lowest BCUT2D eigenvalue weighted by molar-refractivity contribution is -0.136. The van der Waals surface area contributed by atoms with Gasteiger partial charge in [0.05, 0.1) is 5.69 Å². The number of rotatable bonds is 4. The van der Waals surface area contributed by atoms with E-state index >= 15 is 0 Å². The molecule has 2 N–H and O–H groups in total. The van der Waals surface area contributed by atoms with E-state index in [-0.39, 0.29) is 18.4 Å². The number of aromatic nitrogens is 2. The highest BCUT2D eigenvalue weighted by molar-refractivity contribution is 5.67. The van der Waals surface area contributed by atoms with Crippen molar-refractivity contribution in [3.63, 3.8) is 0 Å². The smallest absolute Gasteiger partial charge is 0.303 e. The zero-order chi connectivity index (χ0) is 13.1. The van der Waals surface area contributed by atoms with Crippen molar-refractivity contribution in [1.82, 2.24) is 9.78 Å². The molecule has 2 aromatic rings. The highest BCUT2D eigenvalue weighted by Crippen LogP contribution is 2.07. The number of carboxylic acid groups (broad SMARTS) is 1. The van der Waals surface area contributed by atoms with E-state index in [0.717, 1.165) is 11.3 Å². The van der Waals surface area contributed by atoms with E-state index in [1.807, 2.05) is 31.2 Å². The molecule has 0 unspecified atom stereocenters. The minimum absolute atomic E-state index is 0.0407. The van der Waals surface area contributed by atoms with Crippen LogP contribution < -0.4 is 5.56 Å². The van der Waals surface area contributed by atoms with Crippen LogP contribution in [-0.2, 0) is 11.2 Å². The van der Waals surface area contributed by atoms with Gasteiger partial charge in [-0.15, -0.1) is 0 Å². The van der Waals surface area contributed by atoms with E-state index in [9.17, 15) is 9.59 Å². The first-order valence-corrected chi connectivity index (χ1v) is 5.66. The van der Waals surface area contributed by atoms with E-state index < -0.39 is 5.97 Å². The summed E-state index contributed by atoms with van der Waals surface area (Å²) in [6.07, 6.45) is 1.76. The zero-order valence-electron chi connectivity index (χ0n) is 10.0. The Morgan fingerprint density at radius 3 is 2.61 bits per heavy atom. The second-order valence-corrected chi connectivity index (χ2v) is 4.17. The molecule has 0 radical (unpaired) electrons. The highest BCUT2D eigenvalue weighted by atomic mass is 16.4. The van der Waals surface area contributed by atoms with Crippen molar-refractivity contribution in [2.24, 2.45) is 0 Å². The third-order valence-electron chi connectivity index (χ3n) is 2.75.